The van der Waals surface area contributed by atoms with Crippen LogP contribution in [0.5, 0.6) is 0 Å². The van der Waals surface area contributed by atoms with Gasteiger partial charge in [-0.3, -0.25) is 9.48 Å². The molecule has 0 saturated heterocycles. The molecule has 0 aliphatic carbocycles. The van der Waals surface area contributed by atoms with Crippen LogP contribution in [0.2, 0.25) is 0 Å². The highest BCUT2D eigenvalue weighted by atomic mass is 16.2. The van der Waals surface area contributed by atoms with E-state index in [1.807, 2.05) is 36.0 Å². The summed E-state index contributed by atoms with van der Waals surface area (Å²) in [6.45, 7) is 3.79. The molecule has 0 fully saturated rings. The van der Waals surface area contributed by atoms with Crippen molar-refractivity contribution in [1.29, 1.82) is 0 Å². The van der Waals surface area contributed by atoms with E-state index >= 15 is 0 Å². The Morgan fingerprint density at radius 1 is 1.07 bits per heavy atom. The lowest BCUT2D eigenvalue weighted by Crippen LogP contribution is -2.23. The lowest BCUT2D eigenvalue weighted by Gasteiger charge is -2.06. The van der Waals surface area contributed by atoms with Crippen LogP contribution in [0.4, 0.5) is 0 Å². The number of nitrogens with one attached hydrogen (secondary N) is 1. The fraction of sp³-hybridized carbons (Fsp3) is 0.200. The van der Waals surface area contributed by atoms with Crippen molar-refractivity contribution in [2.45, 2.75) is 26.6 Å². The van der Waals surface area contributed by atoms with Gasteiger partial charge in [-0.1, -0.05) is 47.7 Å². The Labute approximate surface area is 156 Å². The topological polar surface area (TPSA) is 77.6 Å². The molecule has 4 rings (SSSR count). The molecule has 0 bridgehead atoms. The minimum atomic E-state index is -0.247. The summed E-state index contributed by atoms with van der Waals surface area (Å²) in [4.78, 5) is 12.3. The van der Waals surface area contributed by atoms with Crippen LogP contribution in [0.1, 0.15) is 28.5 Å². The van der Waals surface area contributed by atoms with Crippen molar-refractivity contribution in [3.63, 3.8) is 0 Å². The van der Waals surface area contributed by atoms with E-state index in [0.29, 0.717) is 18.8 Å². The first-order chi connectivity index (χ1) is 13.2. The standard InChI is InChI=1S/C20H20N6O/c1-2-25-12-15(11-22-25)10-21-20(27)19-14-26(24-23-19)13-17-8-5-7-16-6-3-4-9-18(16)17/h3-9,11-12,14H,2,10,13H2,1H3,(H,21,27). The van der Waals surface area contributed by atoms with Crippen LogP contribution in [0.15, 0.2) is 61.1 Å². The number of carbonyl (C=O) groups is 1. The van der Waals surface area contributed by atoms with Gasteiger partial charge in [-0.05, 0) is 23.3 Å². The number of amides is 1. The number of nitrogens with zero attached hydrogens (tertiary/aromatic N) is 5. The number of rotatable bonds is 6. The third kappa shape index (κ3) is 3.72. The molecular formula is C20H20N6O. The normalized spacial score (nSPS) is 11.0. The Balaban J connectivity index is 1.44. The average Bonchev–Trinajstić information content (AvgIpc) is 3.36. The summed E-state index contributed by atoms with van der Waals surface area (Å²) < 4.78 is 3.51. The van der Waals surface area contributed by atoms with Gasteiger partial charge in [0.25, 0.3) is 5.91 Å². The second-order valence-electron chi connectivity index (χ2n) is 6.33. The Morgan fingerprint density at radius 2 is 1.93 bits per heavy atom. The second kappa shape index (κ2) is 7.41. The van der Waals surface area contributed by atoms with Crippen molar-refractivity contribution < 1.29 is 4.79 Å². The molecule has 0 aliphatic rings. The van der Waals surface area contributed by atoms with Gasteiger partial charge in [0.15, 0.2) is 5.69 Å². The average molecular weight is 360 g/mol. The summed E-state index contributed by atoms with van der Waals surface area (Å²) in [5, 5.41) is 17.5. The zero-order chi connectivity index (χ0) is 18.6. The monoisotopic (exact) mass is 360 g/mol. The van der Waals surface area contributed by atoms with E-state index in [0.717, 1.165) is 17.7 Å². The predicted octanol–water partition coefficient (Wildman–Crippen LogP) is 2.63. The second-order valence-corrected chi connectivity index (χ2v) is 6.33. The largest absolute Gasteiger partial charge is 0.346 e. The third-order valence-corrected chi connectivity index (χ3v) is 4.45. The first-order valence-corrected chi connectivity index (χ1v) is 8.89. The summed E-state index contributed by atoms with van der Waals surface area (Å²) >= 11 is 0. The molecule has 1 amide bonds. The first-order valence-electron chi connectivity index (χ1n) is 8.89. The maximum Gasteiger partial charge on any atom is 0.273 e. The van der Waals surface area contributed by atoms with Gasteiger partial charge in [0.1, 0.15) is 0 Å². The molecule has 0 aliphatic heterocycles. The van der Waals surface area contributed by atoms with E-state index in [-0.39, 0.29) is 5.91 Å². The molecular weight excluding hydrogens is 340 g/mol. The highest BCUT2D eigenvalue weighted by molar-refractivity contribution is 5.91. The molecule has 0 saturated carbocycles. The molecule has 7 nitrogen and oxygen atoms in total. The van der Waals surface area contributed by atoms with Crippen molar-refractivity contribution in [3.05, 3.63) is 77.9 Å². The fourth-order valence-electron chi connectivity index (χ4n) is 3.03. The van der Waals surface area contributed by atoms with Gasteiger partial charge in [0.05, 0.1) is 18.9 Å². The van der Waals surface area contributed by atoms with E-state index < -0.39 is 0 Å². The van der Waals surface area contributed by atoms with Gasteiger partial charge in [0.2, 0.25) is 0 Å². The number of aryl methyl sites for hydroxylation is 1. The van der Waals surface area contributed by atoms with Crippen LogP contribution in [-0.4, -0.2) is 30.7 Å². The van der Waals surface area contributed by atoms with E-state index in [1.54, 1.807) is 17.1 Å². The number of fused-ring (bicyclic) bond motifs is 1. The molecule has 7 heteroatoms. The SMILES string of the molecule is CCn1cc(CNC(=O)c2cn(Cc3cccc4ccccc34)nn2)cn1. The van der Waals surface area contributed by atoms with Gasteiger partial charge >= 0.3 is 0 Å². The fourth-order valence-corrected chi connectivity index (χ4v) is 3.03. The van der Waals surface area contributed by atoms with E-state index in [1.165, 1.54) is 10.8 Å². The van der Waals surface area contributed by atoms with Crippen molar-refractivity contribution >= 4 is 16.7 Å². The summed E-state index contributed by atoms with van der Waals surface area (Å²) in [7, 11) is 0. The third-order valence-electron chi connectivity index (χ3n) is 4.45. The van der Waals surface area contributed by atoms with Crippen molar-refractivity contribution in [2.24, 2.45) is 0 Å². The molecule has 1 N–H and O–H groups in total. The molecule has 27 heavy (non-hydrogen) atoms. The Bertz CT molecular complexity index is 1080. The molecule has 0 radical (unpaired) electrons. The van der Waals surface area contributed by atoms with E-state index in [2.05, 4.69) is 45.0 Å². The first kappa shape index (κ1) is 17.0. The highest BCUT2D eigenvalue weighted by Crippen LogP contribution is 2.19. The lowest BCUT2D eigenvalue weighted by atomic mass is 10.0. The van der Waals surface area contributed by atoms with Crippen LogP contribution in [0.3, 0.4) is 0 Å². The summed E-state index contributed by atoms with van der Waals surface area (Å²) in [6, 6.07) is 14.4. The summed E-state index contributed by atoms with van der Waals surface area (Å²) in [5.74, 6) is -0.247. The number of hydrogen-bond donors (Lipinski definition) is 1. The number of benzene rings is 2. The van der Waals surface area contributed by atoms with Crippen LogP contribution in [0, 0.1) is 0 Å². The number of hydrogen-bond acceptors (Lipinski definition) is 4. The molecule has 2 heterocycles. The molecule has 0 atom stereocenters. The predicted molar refractivity (Wildman–Crippen MR) is 102 cm³/mol. The molecule has 136 valence electrons. The van der Waals surface area contributed by atoms with Crippen molar-refractivity contribution in [1.82, 2.24) is 30.1 Å². The number of aromatic nitrogens is 5. The van der Waals surface area contributed by atoms with E-state index in [4.69, 9.17) is 0 Å². The smallest absolute Gasteiger partial charge is 0.273 e. The van der Waals surface area contributed by atoms with Crippen LogP contribution >= 0.6 is 0 Å². The summed E-state index contributed by atoms with van der Waals surface area (Å²) in [5.41, 5.74) is 2.39. The maximum atomic E-state index is 12.3. The van der Waals surface area contributed by atoms with Gasteiger partial charge in [-0.2, -0.15) is 5.10 Å². The molecule has 4 aromatic rings. The molecule has 2 aromatic heterocycles. The van der Waals surface area contributed by atoms with Crippen LogP contribution in [-0.2, 0) is 19.6 Å². The highest BCUT2D eigenvalue weighted by Gasteiger charge is 2.12. The number of carbonyl (C=O) groups excluding carboxylic acids is 1. The zero-order valence-corrected chi connectivity index (χ0v) is 15.0. The minimum Gasteiger partial charge on any atom is -0.346 e. The van der Waals surface area contributed by atoms with Crippen molar-refractivity contribution in [2.75, 3.05) is 0 Å². The Morgan fingerprint density at radius 3 is 2.78 bits per heavy atom. The van der Waals surface area contributed by atoms with Gasteiger partial charge in [0, 0.05) is 24.8 Å². The van der Waals surface area contributed by atoms with Gasteiger partial charge in [-0.15, -0.1) is 5.10 Å². The minimum absolute atomic E-state index is 0.247. The van der Waals surface area contributed by atoms with Crippen molar-refractivity contribution in [3.8, 4) is 0 Å². The lowest BCUT2D eigenvalue weighted by molar-refractivity contribution is 0.0946. The molecule has 0 spiro atoms. The van der Waals surface area contributed by atoms with Gasteiger partial charge < -0.3 is 5.32 Å². The van der Waals surface area contributed by atoms with Gasteiger partial charge in [-0.25, -0.2) is 4.68 Å². The quantitative estimate of drug-likeness (QED) is 0.573. The molecule has 0 unspecified atom stereocenters. The van der Waals surface area contributed by atoms with Crippen LogP contribution < -0.4 is 5.32 Å². The zero-order valence-electron chi connectivity index (χ0n) is 15.0. The molecule has 2 aromatic carbocycles. The Kier molecular flexibility index (Phi) is 4.65. The summed E-state index contributed by atoms with van der Waals surface area (Å²) in [6.07, 6.45) is 5.34. The van der Waals surface area contributed by atoms with E-state index in [9.17, 15) is 4.79 Å². The Hall–Kier alpha value is -3.48. The maximum absolute atomic E-state index is 12.3. The van der Waals surface area contributed by atoms with Crippen LogP contribution in [0.25, 0.3) is 10.8 Å².